The zero-order valence-electron chi connectivity index (χ0n) is 12.8. The largest absolute Gasteiger partial charge is 0.380 e. The quantitative estimate of drug-likeness (QED) is 0.861. The van der Waals surface area contributed by atoms with Crippen LogP contribution in [0.4, 0.5) is 5.69 Å². The minimum Gasteiger partial charge on any atom is -0.380 e. The van der Waals surface area contributed by atoms with Gasteiger partial charge in [0.05, 0.1) is 0 Å². The Morgan fingerprint density at radius 1 is 1.41 bits per heavy atom. The highest BCUT2D eigenvalue weighted by Crippen LogP contribution is 2.23. The minimum atomic E-state index is -0.0217. The first-order valence-electron chi connectivity index (χ1n) is 7.65. The van der Waals surface area contributed by atoms with E-state index in [0.717, 1.165) is 42.7 Å². The van der Waals surface area contributed by atoms with Crippen molar-refractivity contribution in [3.63, 3.8) is 0 Å². The van der Waals surface area contributed by atoms with Gasteiger partial charge >= 0.3 is 0 Å². The molecule has 0 bridgehead atoms. The van der Waals surface area contributed by atoms with Gasteiger partial charge in [-0.3, -0.25) is 9.59 Å². The number of likely N-dealkylation sites (tertiary alicyclic amines) is 1. The third-order valence-electron chi connectivity index (χ3n) is 4.45. The molecule has 2 amide bonds. The number of nitrogens with zero attached hydrogens (tertiary/aromatic N) is 2. The fourth-order valence-corrected chi connectivity index (χ4v) is 3.12. The Morgan fingerprint density at radius 3 is 3.00 bits per heavy atom. The molecule has 0 aromatic heterocycles. The Hall–Kier alpha value is -2.30. The van der Waals surface area contributed by atoms with E-state index in [0.29, 0.717) is 6.54 Å². The van der Waals surface area contributed by atoms with Crippen molar-refractivity contribution >= 4 is 17.5 Å². The predicted molar refractivity (Wildman–Crippen MR) is 85.9 cm³/mol. The first kappa shape index (κ1) is 14.6. The molecule has 1 aromatic carbocycles. The normalized spacial score (nSPS) is 20.8. The summed E-state index contributed by atoms with van der Waals surface area (Å²) in [6.45, 7) is 5.72. The maximum absolute atomic E-state index is 12.2. The van der Waals surface area contributed by atoms with E-state index in [1.807, 2.05) is 25.2 Å². The van der Waals surface area contributed by atoms with Gasteiger partial charge in [0, 0.05) is 44.0 Å². The Morgan fingerprint density at radius 2 is 2.23 bits per heavy atom. The van der Waals surface area contributed by atoms with E-state index in [1.165, 1.54) is 6.08 Å². The second-order valence-corrected chi connectivity index (χ2v) is 5.97. The van der Waals surface area contributed by atoms with Gasteiger partial charge in [0.25, 0.3) is 5.91 Å². The van der Waals surface area contributed by atoms with Crippen molar-refractivity contribution in [3.05, 3.63) is 42.0 Å². The van der Waals surface area contributed by atoms with Gasteiger partial charge in [-0.05, 0) is 36.6 Å². The van der Waals surface area contributed by atoms with Crippen LogP contribution in [0.2, 0.25) is 0 Å². The van der Waals surface area contributed by atoms with Gasteiger partial charge in [-0.15, -0.1) is 0 Å². The molecule has 1 atom stereocenters. The van der Waals surface area contributed by atoms with E-state index in [1.54, 1.807) is 9.80 Å². The van der Waals surface area contributed by atoms with Crippen molar-refractivity contribution in [2.24, 2.45) is 0 Å². The van der Waals surface area contributed by atoms with Crippen LogP contribution in [0.5, 0.6) is 0 Å². The summed E-state index contributed by atoms with van der Waals surface area (Å²) in [5.74, 6) is 0.0614. The number of likely N-dealkylation sites (N-methyl/N-ethyl adjacent to an activating group) is 1. The average Bonchev–Trinajstić information content (AvgIpc) is 2.99. The van der Waals surface area contributed by atoms with Gasteiger partial charge in [-0.2, -0.15) is 0 Å². The van der Waals surface area contributed by atoms with E-state index in [9.17, 15) is 9.59 Å². The van der Waals surface area contributed by atoms with Crippen LogP contribution in [0.15, 0.2) is 30.9 Å². The summed E-state index contributed by atoms with van der Waals surface area (Å²) in [6, 6.07) is 6.21. The summed E-state index contributed by atoms with van der Waals surface area (Å²) >= 11 is 0. The highest BCUT2D eigenvalue weighted by Gasteiger charge is 2.26. The molecule has 2 aliphatic heterocycles. The van der Waals surface area contributed by atoms with Crippen molar-refractivity contribution in [2.75, 3.05) is 32.0 Å². The number of rotatable bonds is 3. The van der Waals surface area contributed by atoms with Gasteiger partial charge in [0.2, 0.25) is 5.91 Å². The number of amides is 2. The van der Waals surface area contributed by atoms with Crippen LogP contribution in [0.1, 0.15) is 22.3 Å². The SMILES string of the molecule is C=CC(=O)N1CCC(Nc2ccc3c(c2)C(=O)N(C)CC3)C1. The van der Waals surface area contributed by atoms with Gasteiger partial charge in [-0.25, -0.2) is 0 Å². The summed E-state index contributed by atoms with van der Waals surface area (Å²) in [7, 11) is 1.83. The van der Waals surface area contributed by atoms with Gasteiger partial charge in [0.1, 0.15) is 0 Å². The third kappa shape index (κ3) is 2.71. The van der Waals surface area contributed by atoms with Gasteiger partial charge in [-0.1, -0.05) is 12.6 Å². The van der Waals surface area contributed by atoms with Crippen molar-refractivity contribution in [2.45, 2.75) is 18.9 Å². The minimum absolute atomic E-state index is 0.0217. The molecule has 1 saturated heterocycles. The standard InChI is InChI=1S/C17H21N3O2/c1-3-16(21)20-9-7-14(11-20)18-13-5-4-12-6-8-19(2)17(22)15(12)10-13/h3-5,10,14,18H,1,6-9,11H2,2H3. The second-order valence-electron chi connectivity index (χ2n) is 5.97. The highest BCUT2D eigenvalue weighted by atomic mass is 16.2. The molecular weight excluding hydrogens is 278 g/mol. The Bertz CT molecular complexity index is 626. The molecule has 0 spiro atoms. The monoisotopic (exact) mass is 299 g/mol. The van der Waals surface area contributed by atoms with Crippen LogP contribution in [-0.2, 0) is 11.2 Å². The van der Waals surface area contributed by atoms with E-state index in [2.05, 4.69) is 11.9 Å². The fraction of sp³-hybridized carbons (Fsp3) is 0.412. The Kier molecular flexibility index (Phi) is 3.88. The molecule has 5 nitrogen and oxygen atoms in total. The van der Waals surface area contributed by atoms with Crippen molar-refractivity contribution in [1.82, 2.24) is 9.80 Å². The Balaban J connectivity index is 1.71. The molecule has 2 heterocycles. The maximum atomic E-state index is 12.2. The molecule has 0 saturated carbocycles. The summed E-state index contributed by atoms with van der Waals surface area (Å²) in [5.41, 5.74) is 2.85. The summed E-state index contributed by atoms with van der Waals surface area (Å²) in [5, 5.41) is 3.44. The topological polar surface area (TPSA) is 52.7 Å². The number of hydrogen-bond donors (Lipinski definition) is 1. The summed E-state index contributed by atoms with van der Waals surface area (Å²) < 4.78 is 0. The molecule has 3 rings (SSSR count). The second kappa shape index (κ2) is 5.83. The number of carbonyl (C=O) groups excluding carboxylic acids is 2. The van der Waals surface area contributed by atoms with Crippen LogP contribution in [0, 0.1) is 0 Å². The average molecular weight is 299 g/mol. The summed E-state index contributed by atoms with van der Waals surface area (Å²) in [6.07, 6.45) is 3.17. The van der Waals surface area contributed by atoms with Crippen LogP contribution >= 0.6 is 0 Å². The molecule has 1 fully saturated rings. The molecule has 2 aliphatic rings. The number of benzene rings is 1. The number of carbonyl (C=O) groups is 2. The highest BCUT2D eigenvalue weighted by molar-refractivity contribution is 5.97. The van der Waals surface area contributed by atoms with Crippen molar-refractivity contribution in [3.8, 4) is 0 Å². The zero-order chi connectivity index (χ0) is 15.7. The van der Waals surface area contributed by atoms with E-state index in [-0.39, 0.29) is 17.9 Å². The first-order valence-corrected chi connectivity index (χ1v) is 7.65. The van der Waals surface area contributed by atoms with Crippen LogP contribution in [-0.4, -0.2) is 54.3 Å². The Labute approximate surface area is 130 Å². The molecule has 1 unspecified atom stereocenters. The van der Waals surface area contributed by atoms with Crippen LogP contribution in [0.25, 0.3) is 0 Å². The smallest absolute Gasteiger partial charge is 0.253 e. The number of fused-ring (bicyclic) bond motifs is 1. The summed E-state index contributed by atoms with van der Waals surface area (Å²) in [4.78, 5) is 27.4. The molecule has 116 valence electrons. The molecule has 1 N–H and O–H groups in total. The lowest BCUT2D eigenvalue weighted by Crippen LogP contribution is -2.34. The van der Waals surface area contributed by atoms with E-state index < -0.39 is 0 Å². The zero-order valence-corrected chi connectivity index (χ0v) is 12.8. The number of anilines is 1. The maximum Gasteiger partial charge on any atom is 0.253 e. The van der Waals surface area contributed by atoms with Crippen LogP contribution < -0.4 is 5.32 Å². The fourth-order valence-electron chi connectivity index (χ4n) is 3.12. The first-order chi connectivity index (χ1) is 10.6. The van der Waals surface area contributed by atoms with E-state index in [4.69, 9.17) is 0 Å². The predicted octanol–water partition coefficient (Wildman–Crippen LogP) is 1.51. The molecule has 0 aliphatic carbocycles. The molecule has 5 heteroatoms. The van der Waals surface area contributed by atoms with Crippen LogP contribution in [0.3, 0.4) is 0 Å². The van der Waals surface area contributed by atoms with Gasteiger partial charge < -0.3 is 15.1 Å². The lowest BCUT2D eigenvalue weighted by molar-refractivity contribution is -0.125. The number of hydrogen-bond acceptors (Lipinski definition) is 3. The lowest BCUT2D eigenvalue weighted by Gasteiger charge is -2.25. The molecule has 0 radical (unpaired) electrons. The van der Waals surface area contributed by atoms with Crippen molar-refractivity contribution < 1.29 is 9.59 Å². The number of nitrogens with one attached hydrogen (secondary N) is 1. The molecule has 1 aromatic rings. The lowest BCUT2D eigenvalue weighted by atomic mass is 9.98. The molecular formula is C17H21N3O2. The third-order valence-corrected chi connectivity index (χ3v) is 4.45. The van der Waals surface area contributed by atoms with E-state index >= 15 is 0 Å². The molecule has 22 heavy (non-hydrogen) atoms. The van der Waals surface area contributed by atoms with Gasteiger partial charge in [0.15, 0.2) is 0 Å². The van der Waals surface area contributed by atoms with Crippen molar-refractivity contribution in [1.29, 1.82) is 0 Å².